The van der Waals surface area contributed by atoms with Crippen LogP contribution in [-0.2, 0) is 52.5 Å². The molecule has 330 valence electrons. The highest BCUT2D eigenvalue weighted by molar-refractivity contribution is 5.85. The number of carboxylic acids is 2. The Labute approximate surface area is 338 Å². The third-order valence-corrected chi connectivity index (χ3v) is 8.87. The summed E-state index contributed by atoms with van der Waals surface area (Å²) < 4.78 is 21.1. The Morgan fingerprint density at radius 3 is 1.32 bits per heavy atom. The summed E-state index contributed by atoms with van der Waals surface area (Å²) in [5, 5.41) is 28.6. The van der Waals surface area contributed by atoms with Gasteiger partial charge in [0.2, 0.25) is 23.6 Å². The zero-order valence-corrected chi connectivity index (χ0v) is 34.5. The molecule has 0 saturated carbocycles. The topological polar surface area (TPSA) is 245 Å². The molecule has 1 unspecified atom stereocenters. The van der Waals surface area contributed by atoms with Gasteiger partial charge in [-0.25, -0.2) is 9.59 Å². The molecule has 0 aromatic carbocycles. The Balaban J connectivity index is 3.69. The summed E-state index contributed by atoms with van der Waals surface area (Å²) in [5.41, 5.74) is 0. The maximum absolute atomic E-state index is 12.3. The number of hydrogen-bond acceptors (Lipinski definition) is 11. The summed E-state index contributed by atoms with van der Waals surface area (Å²) in [4.78, 5) is 81.5. The van der Waals surface area contributed by atoms with E-state index in [0.717, 1.165) is 32.1 Å². The Morgan fingerprint density at radius 1 is 0.456 bits per heavy atom. The number of rotatable bonds is 41. The van der Waals surface area contributed by atoms with Crippen molar-refractivity contribution in [2.24, 2.45) is 0 Å². The van der Waals surface area contributed by atoms with Crippen LogP contribution in [0.15, 0.2) is 0 Å². The summed E-state index contributed by atoms with van der Waals surface area (Å²) >= 11 is 0. The van der Waals surface area contributed by atoms with Gasteiger partial charge in [-0.1, -0.05) is 84.0 Å². The quantitative estimate of drug-likeness (QED) is 0.0485. The second kappa shape index (κ2) is 37.9. The highest BCUT2D eigenvalue weighted by Crippen LogP contribution is 2.14. The van der Waals surface area contributed by atoms with E-state index in [1.807, 2.05) is 0 Å². The van der Waals surface area contributed by atoms with Crippen LogP contribution in [0, 0.1) is 0 Å². The highest BCUT2D eigenvalue weighted by Gasteiger charge is 2.21. The molecule has 0 bridgehead atoms. The minimum atomic E-state index is -1.18. The first-order chi connectivity index (χ1) is 27.5. The van der Waals surface area contributed by atoms with Gasteiger partial charge in [0.15, 0.2) is 0 Å². The van der Waals surface area contributed by atoms with Crippen molar-refractivity contribution in [1.82, 2.24) is 21.3 Å². The van der Waals surface area contributed by atoms with Crippen LogP contribution in [-0.4, -0.2) is 130 Å². The molecule has 0 aromatic rings. The van der Waals surface area contributed by atoms with Crippen molar-refractivity contribution < 1.29 is 62.7 Å². The van der Waals surface area contributed by atoms with Crippen LogP contribution in [0.1, 0.15) is 136 Å². The molecule has 0 aliphatic rings. The Hall–Kier alpha value is -3.67. The summed E-state index contributed by atoms with van der Waals surface area (Å²) in [6, 6.07) is -2.09. The Morgan fingerprint density at radius 2 is 0.860 bits per heavy atom. The first kappa shape index (κ1) is 53.3. The molecule has 6 N–H and O–H groups in total. The summed E-state index contributed by atoms with van der Waals surface area (Å²) in [7, 11) is 0. The van der Waals surface area contributed by atoms with Gasteiger partial charge in [0.25, 0.3) is 0 Å². The lowest BCUT2D eigenvalue weighted by atomic mass is 10.0. The lowest BCUT2D eigenvalue weighted by Crippen LogP contribution is -2.42. The number of hydrogen-bond donors (Lipinski definition) is 6. The van der Waals surface area contributed by atoms with Gasteiger partial charge in [-0.2, -0.15) is 0 Å². The minimum absolute atomic E-state index is 0.0253. The number of amides is 4. The number of carboxylic acid groups (broad SMARTS) is 2. The van der Waals surface area contributed by atoms with Crippen molar-refractivity contribution in [2.45, 2.75) is 148 Å². The molecule has 17 nitrogen and oxygen atoms in total. The fourth-order valence-corrected chi connectivity index (χ4v) is 5.59. The molecule has 17 heteroatoms. The van der Waals surface area contributed by atoms with Crippen molar-refractivity contribution in [3.05, 3.63) is 0 Å². The third-order valence-electron chi connectivity index (χ3n) is 8.87. The molecule has 0 rings (SSSR count). The van der Waals surface area contributed by atoms with E-state index in [1.165, 1.54) is 51.4 Å². The number of aliphatic carboxylic acids is 2. The van der Waals surface area contributed by atoms with E-state index in [4.69, 9.17) is 24.1 Å². The molecule has 0 radical (unpaired) electrons. The average molecular weight is 817 g/mol. The van der Waals surface area contributed by atoms with E-state index < -0.39 is 29.9 Å². The fourth-order valence-electron chi connectivity index (χ4n) is 5.59. The van der Waals surface area contributed by atoms with Gasteiger partial charge in [-0.15, -0.1) is 0 Å². The van der Waals surface area contributed by atoms with E-state index in [9.17, 15) is 38.7 Å². The molecule has 0 spiro atoms. The van der Waals surface area contributed by atoms with Gasteiger partial charge >= 0.3 is 11.9 Å². The average Bonchev–Trinajstić information content (AvgIpc) is 3.16. The zero-order chi connectivity index (χ0) is 42.4. The van der Waals surface area contributed by atoms with E-state index >= 15 is 0 Å². The lowest BCUT2D eigenvalue weighted by molar-refractivity contribution is -0.142. The van der Waals surface area contributed by atoms with Gasteiger partial charge in [-0.3, -0.25) is 19.2 Å². The van der Waals surface area contributed by atoms with Crippen molar-refractivity contribution >= 4 is 41.4 Å². The normalized spacial score (nSPS) is 12.0. The molecule has 4 amide bonds. The number of carbonyl (C=O) groups excluding carboxylic acids is 5. The van der Waals surface area contributed by atoms with Crippen molar-refractivity contribution in [2.75, 3.05) is 65.9 Å². The van der Waals surface area contributed by atoms with Gasteiger partial charge in [0.1, 0.15) is 31.1 Å². The van der Waals surface area contributed by atoms with Gasteiger partial charge in [-0.05, 0) is 32.6 Å². The van der Waals surface area contributed by atoms with Crippen molar-refractivity contribution in [3.63, 3.8) is 0 Å². The molecular weight excluding hydrogens is 744 g/mol. The maximum Gasteiger partial charge on any atom is 0.326 e. The summed E-state index contributed by atoms with van der Waals surface area (Å²) in [5.74, 6) is -3.56. The molecule has 0 aliphatic heterocycles. The minimum Gasteiger partial charge on any atom is -0.480 e. The zero-order valence-electron chi connectivity index (χ0n) is 34.5. The summed E-state index contributed by atoms with van der Waals surface area (Å²) in [6.07, 6.45) is 17.1. The van der Waals surface area contributed by atoms with Crippen LogP contribution in [0.2, 0.25) is 0 Å². The summed E-state index contributed by atoms with van der Waals surface area (Å²) in [6.45, 7) is 4.35. The fraction of sp³-hybridized carbons (Fsp3) is 0.825. The van der Waals surface area contributed by atoms with Crippen LogP contribution in [0.3, 0.4) is 0 Å². The lowest BCUT2D eigenvalue weighted by Gasteiger charge is -2.14. The molecule has 0 fully saturated rings. The van der Waals surface area contributed by atoms with E-state index in [-0.39, 0.29) is 115 Å². The number of unbranched alkanes of at least 4 members (excludes halogenated alkanes) is 13. The smallest absolute Gasteiger partial charge is 0.326 e. The SMILES string of the molecule is CC[C@H](NC(=O)COCCOCCNC(=O)COCCOCCNC(=O)CCC(NC(=O)CCCCCCCCCCCCCCCCC(C)=O)C(=O)O)C(=O)O. The van der Waals surface area contributed by atoms with Gasteiger partial charge in [0.05, 0.1) is 39.6 Å². The van der Waals surface area contributed by atoms with Crippen LogP contribution < -0.4 is 21.3 Å². The number of ketones is 1. The Kier molecular flexibility index (Phi) is 35.4. The number of ether oxygens (including phenoxy) is 4. The molecular formula is C40H72N4O13. The van der Waals surface area contributed by atoms with Crippen LogP contribution in [0.5, 0.6) is 0 Å². The number of Topliss-reactive ketones (excluding diaryl/α,β-unsaturated/α-hetero) is 1. The van der Waals surface area contributed by atoms with Crippen LogP contribution in [0.25, 0.3) is 0 Å². The molecule has 2 atom stereocenters. The number of carbonyl (C=O) groups is 7. The maximum atomic E-state index is 12.3. The first-order valence-electron chi connectivity index (χ1n) is 20.8. The van der Waals surface area contributed by atoms with E-state index in [2.05, 4.69) is 21.3 Å². The molecule has 57 heavy (non-hydrogen) atoms. The molecule has 0 aliphatic carbocycles. The largest absolute Gasteiger partial charge is 0.480 e. The standard InChI is InChI=1S/C40H72N4O13/c1-3-33(39(50)51)43-38(49)31-57-29-27-55-25-23-42-37(48)30-56-28-26-54-24-22-41-35(46)21-20-34(40(52)53)44-36(47)19-17-15-13-11-9-7-5-4-6-8-10-12-14-16-18-32(2)45/h33-34H,3-31H2,1-2H3,(H,41,46)(H,42,48)(H,43,49)(H,44,47)(H,50,51)(H,52,53)/t33-,34?/m0/s1. The van der Waals surface area contributed by atoms with Crippen LogP contribution in [0.4, 0.5) is 0 Å². The van der Waals surface area contributed by atoms with E-state index in [0.29, 0.717) is 12.8 Å². The molecule has 0 aromatic heterocycles. The monoisotopic (exact) mass is 817 g/mol. The third kappa shape index (κ3) is 36.4. The second-order valence-corrected chi connectivity index (χ2v) is 14.0. The van der Waals surface area contributed by atoms with Crippen LogP contribution >= 0.6 is 0 Å². The molecule has 0 heterocycles. The van der Waals surface area contributed by atoms with Crippen molar-refractivity contribution in [1.29, 1.82) is 0 Å². The molecule has 0 saturated heterocycles. The predicted octanol–water partition coefficient (Wildman–Crippen LogP) is 3.44. The Bertz CT molecular complexity index is 1130. The van der Waals surface area contributed by atoms with Gasteiger partial charge in [0, 0.05) is 32.4 Å². The first-order valence-corrected chi connectivity index (χ1v) is 20.8. The van der Waals surface area contributed by atoms with E-state index in [1.54, 1.807) is 13.8 Å². The predicted molar refractivity (Wildman–Crippen MR) is 213 cm³/mol. The van der Waals surface area contributed by atoms with Gasteiger partial charge < -0.3 is 55.2 Å². The number of nitrogens with one attached hydrogen (secondary N) is 4. The second-order valence-electron chi connectivity index (χ2n) is 14.0. The highest BCUT2D eigenvalue weighted by atomic mass is 16.5. The van der Waals surface area contributed by atoms with Crippen molar-refractivity contribution in [3.8, 4) is 0 Å².